The Morgan fingerprint density at radius 1 is 1.33 bits per heavy atom. The Kier molecular flexibility index (Phi) is 3.99. The normalized spacial score (nSPS) is 13.4. The van der Waals surface area contributed by atoms with Crippen molar-refractivity contribution in [2.75, 3.05) is 6.61 Å². The summed E-state index contributed by atoms with van der Waals surface area (Å²) in [6.45, 7) is 4.61. The molecule has 2 aromatic rings. The molecule has 0 radical (unpaired) electrons. The van der Waals surface area contributed by atoms with Gasteiger partial charge in [-0.05, 0) is 19.9 Å². The summed E-state index contributed by atoms with van der Waals surface area (Å²) in [4.78, 5) is 0. The van der Waals surface area contributed by atoms with Crippen LogP contribution in [0.25, 0.3) is 10.9 Å². The van der Waals surface area contributed by atoms with E-state index in [2.05, 4.69) is 17.2 Å². The van der Waals surface area contributed by atoms with Crippen LogP contribution < -0.4 is 5.73 Å². The van der Waals surface area contributed by atoms with Gasteiger partial charge in [0.05, 0.1) is 23.9 Å². The average molecular weight is 247 g/mol. The number of ether oxygens (including phenoxy) is 1. The van der Waals surface area contributed by atoms with E-state index in [-0.39, 0.29) is 12.1 Å². The quantitative estimate of drug-likeness (QED) is 0.877. The summed E-state index contributed by atoms with van der Waals surface area (Å²) >= 11 is 0. The Labute approximate surface area is 108 Å². The van der Waals surface area contributed by atoms with Crippen molar-refractivity contribution in [2.45, 2.75) is 32.4 Å². The molecule has 1 heterocycles. The van der Waals surface area contributed by atoms with Gasteiger partial charge in [-0.3, -0.25) is 4.68 Å². The van der Waals surface area contributed by atoms with Crippen LogP contribution >= 0.6 is 0 Å². The smallest absolute Gasteiger partial charge is 0.0719 e. The third kappa shape index (κ3) is 2.89. The summed E-state index contributed by atoms with van der Waals surface area (Å²) in [6.07, 6.45) is 0.963. The molecule has 18 heavy (non-hydrogen) atoms. The fraction of sp³-hybridized carbons (Fsp3) is 0.500. The van der Waals surface area contributed by atoms with Gasteiger partial charge in [-0.25, -0.2) is 0 Å². The highest BCUT2D eigenvalue weighted by Gasteiger charge is 2.12. The second-order valence-corrected chi connectivity index (χ2v) is 4.93. The first-order chi connectivity index (χ1) is 8.58. The van der Waals surface area contributed by atoms with Crippen LogP contribution in [0.1, 0.15) is 19.5 Å². The van der Waals surface area contributed by atoms with Crippen molar-refractivity contribution in [1.29, 1.82) is 0 Å². The zero-order chi connectivity index (χ0) is 13.1. The number of hydrogen-bond donors (Lipinski definition) is 1. The van der Waals surface area contributed by atoms with E-state index in [1.807, 2.05) is 37.7 Å². The molecule has 0 amide bonds. The van der Waals surface area contributed by atoms with Crippen LogP contribution in [0.15, 0.2) is 24.3 Å². The molecule has 1 aromatic heterocycles. The van der Waals surface area contributed by atoms with E-state index in [1.54, 1.807) is 0 Å². The maximum absolute atomic E-state index is 6.08. The number of nitrogens with two attached hydrogens (primary N) is 1. The molecule has 0 fully saturated rings. The highest BCUT2D eigenvalue weighted by Crippen LogP contribution is 2.18. The van der Waals surface area contributed by atoms with E-state index < -0.39 is 0 Å². The summed E-state index contributed by atoms with van der Waals surface area (Å²) in [5.74, 6) is 0. The number of nitrogens with zero attached hydrogens (tertiary/aromatic N) is 2. The first kappa shape index (κ1) is 13.1. The van der Waals surface area contributed by atoms with Crippen molar-refractivity contribution in [2.24, 2.45) is 12.8 Å². The van der Waals surface area contributed by atoms with Crippen molar-refractivity contribution in [3.63, 3.8) is 0 Å². The van der Waals surface area contributed by atoms with E-state index in [0.29, 0.717) is 6.61 Å². The van der Waals surface area contributed by atoms with Gasteiger partial charge in [0.1, 0.15) is 0 Å². The molecule has 4 heteroatoms. The molecule has 98 valence electrons. The molecule has 4 nitrogen and oxygen atoms in total. The molecule has 2 N–H and O–H groups in total. The summed E-state index contributed by atoms with van der Waals surface area (Å²) in [6, 6.07) is 8.21. The Morgan fingerprint density at radius 2 is 2.06 bits per heavy atom. The largest absolute Gasteiger partial charge is 0.377 e. The molecule has 0 bridgehead atoms. The van der Waals surface area contributed by atoms with Gasteiger partial charge in [0.15, 0.2) is 0 Å². The third-order valence-corrected chi connectivity index (χ3v) is 2.93. The van der Waals surface area contributed by atoms with Crippen LogP contribution in [0.2, 0.25) is 0 Å². The molecule has 0 saturated carbocycles. The zero-order valence-corrected chi connectivity index (χ0v) is 11.3. The molecule has 1 atom stereocenters. The molecular formula is C14H21N3O. The van der Waals surface area contributed by atoms with E-state index in [9.17, 15) is 0 Å². The maximum Gasteiger partial charge on any atom is 0.0719 e. The van der Waals surface area contributed by atoms with Crippen LogP contribution in [-0.4, -0.2) is 28.5 Å². The van der Waals surface area contributed by atoms with Crippen LogP contribution in [0.3, 0.4) is 0 Å². The molecular weight excluding hydrogens is 226 g/mol. The maximum atomic E-state index is 6.08. The van der Waals surface area contributed by atoms with Gasteiger partial charge in [0, 0.05) is 24.9 Å². The van der Waals surface area contributed by atoms with Gasteiger partial charge in [0.25, 0.3) is 0 Å². The van der Waals surface area contributed by atoms with Gasteiger partial charge in [-0.2, -0.15) is 5.10 Å². The molecule has 0 spiro atoms. The van der Waals surface area contributed by atoms with E-state index >= 15 is 0 Å². The average Bonchev–Trinajstić information content (AvgIpc) is 2.65. The van der Waals surface area contributed by atoms with E-state index in [1.165, 1.54) is 5.39 Å². The minimum absolute atomic E-state index is 0.00861. The number of rotatable bonds is 5. The van der Waals surface area contributed by atoms with Gasteiger partial charge < -0.3 is 10.5 Å². The van der Waals surface area contributed by atoms with Crippen molar-refractivity contribution >= 4 is 10.9 Å². The second-order valence-electron chi connectivity index (χ2n) is 4.93. The Morgan fingerprint density at radius 3 is 2.78 bits per heavy atom. The lowest BCUT2D eigenvalue weighted by molar-refractivity contribution is 0.0683. The van der Waals surface area contributed by atoms with Gasteiger partial charge in [-0.15, -0.1) is 0 Å². The molecule has 0 saturated heterocycles. The third-order valence-electron chi connectivity index (χ3n) is 2.93. The fourth-order valence-electron chi connectivity index (χ4n) is 2.06. The molecule has 0 aliphatic rings. The zero-order valence-electron chi connectivity index (χ0n) is 11.3. The first-order valence-electron chi connectivity index (χ1n) is 6.35. The summed E-state index contributed by atoms with van der Waals surface area (Å²) in [7, 11) is 1.96. The topological polar surface area (TPSA) is 53.1 Å². The highest BCUT2D eigenvalue weighted by atomic mass is 16.5. The number of aryl methyl sites for hydroxylation is 1. The number of hydrogen-bond acceptors (Lipinski definition) is 3. The Hall–Kier alpha value is -1.39. The van der Waals surface area contributed by atoms with Crippen molar-refractivity contribution in [3.05, 3.63) is 30.0 Å². The van der Waals surface area contributed by atoms with Crippen LogP contribution in [0.4, 0.5) is 0 Å². The molecule has 0 aliphatic carbocycles. The molecule has 1 aromatic carbocycles. The summed E-state index contributed by atoms with van der Waals surface area (Å²) in [5.41, 5.74) is 8.27. The first-order valence-corrected chi connectivity index (χ1v) is 6.35. The molecule has 2 rings (SSSR count). The lowest BCUT2D eigenvalue weighted by Gasteiger charge is -2.13. The van der Waals surface area contributed by atoms with Crippen molar-refractivity contribution in [3.8, 4) is 0 Å². The SMILES string of the molecule is CC(C)OCC(N)Cc1nn(C)c2ccccc12. The number of para-hydroxylation sites is 1. The number of benzene rings is 1. The van der Waals surface area contributed by atoms with Crippen LogP contribution in [0, 0.1) is 0 Å². The highest BCUT2D eigenvalue weighted by molar-refractivity contribution is 5.81. The van der Waals surface area contributed by atoms with Gasteiger partial charge >= 0.3 is 0 Å². The van der Waals surface area contributed by atoms with Gasteiger partial charge in [0.2, 0.25) is 0 Å². The monoisotopic (exact) mass is 247 g/mol. The Balaban J connectivity index is 2.12. The summed E-state index contributed by atoms with van der Waals surface area (Å²) in [5, 5.41) is 5.72. The van der Waals surface area contributed by atoms with Crippen molar-refractivity contribution < 1.29 is 4.74 Å². The minimum Gasteiger partial charge on any atom is -0.377 e. The number of aromatic nitrogens is 2. The van der Waals surface area contributed by atoms with E-state index in [0.717, 1.165) is 17.6 Å². The minimum atomic E-state index is -0.00861. The predicted octanol–water partition coefficient (Wildman–Crippen LogP) is 1.87. The molecule has 1 unspecified atom stereocenters. The fourth-order valence-corrected chi connectivity index (χ4v) is 2.06. The number of fused-ring (bicyclic) bond motifs is 1. The lowest BCUT2D eigenvalue weighted by Crippen LogP contribution is -2.30. The van der Waals surface area contributed by atoms with Crippen LogP contribution in [-0.2, 0) is 18.2 Å². The Bertz CT molecular complexity index is 519. The summed E-state index contributed by atoms with van der Waals surface area (Å²) < 4.78 is 7.44. The standard InChI is InChI=1S/C14H21N3O/c1-10(2)18-9-11(15)8-13-12-6-4-5-7-14(12)17(3)16-13/h4-7,10-11H,8-9,15H2,1-3H3. The molecule has 0 aliphatic heterocycles. The van der Waals surface area contributed by atoms with Crippen LogP contribution in [0.5, 0.6) is 0 Å². The van der Waals surface area contributed by atoms with E-state index in [4.69, 9.17) is 10.5 Å². The van der Waals surface area contributed by atoms with Gasteiger partial charge in [-0.1, -0.05) is 18.2 Å². The lowest BCUT2D eigenvalue weighted by atomic mass is 10.1. The predicted molar refractivity (Wildman–Crippen MR) is 73.5 cm³/mol. The second kappa shape index (κ2) is 5.50. The van der Waals surface area contributed by atoms with Crippen molar-refractivity contribution in [1.82, 2.24) is 9.78 Å².